The second-order valence-electron chi connectivity index (χ2n) is 5.70. The molecule has 0 fully saturated rings. The highest BCUT2D eigenvalue weighted by Crippen LogP contribution is 2.22. The van der Waals surface area contributed by atoms with Crippen molar-refractivity contribution in [3.63, 3.8) is 0 Å². The van der Waals surface area contributed by atoms with Crippen molar-refractivity contribution >= 4 is 50.4 Å². The van der Waals surface area contributed by atoms with Crippen molar-refractivity contribution in [1.82, 2.24) is 9.97 Å². The molecule has 0 saturated carbocycles. The number of hydrogen-bond acceptors (Lipinski definition) is 7. The first kappa shape index (κ1) is 21.0. The van der Waals surface area contributed by atoms with Gasteiger partial charge in [0.25, 0.3) is 10.0 Å². The molecule has 0 atom stereocenters. The van der Waals surface area contributed by atoms with E-state index in [0.29, 0.717) is 5.69 Å². The molecule has 0 bridgehead atoms. The van der Waals surface area contributed by atoms with Gasteiger partial charge in [-0.05, 0) is 54.7 Å². The Morgan fingerprint density at radius 3 is 2.27 bits per heavy atom. The van der Waals surface area contributed by atoms with E-state index in [4.69, 9.17) is 12.2 Å². The van der Waals surface area contributed by atoms with E-state index in [1.807, 2.05) is 0 Å². The fourth-order valence-electron chi connectivity index (χ4n) is 2.27. The fourth-order valence-corrected chi connectivity index (χ4v) is 3.47. The van der Waals surface area contributed by atoms with Gasteiger partial charge in [-0.25, -0.2) is 23.1 Å². The zero-order valence-corrected chi connectivity index (χ0v) is 16.6. The van der Waals surface area contributed by atoms with Gasteiger partial charge in [-0.3, -0.25) is 10.1 Å². The van der Waals surface area contributed by atoms with Gasteiger partial charge in [-0.2, -0.15) is 4.39 Å². The molecular formula is C17H13FN6O4S2. The number of halogens is 1. The number of nitro groups is 1. The molecule has 0 radical (unpaired) electrons. The third-order valence-electron chi connectivity index (χ3n) is 3.61. The van der Waals surface area contributed by atoms with E-state index in [0.717, 1.165) is 12.1 Å². The molecule has 1 heterocycles. The number of anilines is 3. The molecule has 1 aromatic heterocycles. The average molecular weight is 448 g/mol. The number of aromatic nitrogens is 2. The number of rotatable bonds is 6. The van der Waals surface area contributed by atoms with Crippen LogP contribution in [-0.4, -0.2) is 28.4 Å². The number of nitrogens with one attached hydrogen (secondary N) is 3. The number of thiocarbonyl (C=S) groups is 1. The monoisotopic (exact) mass is 448 g/mol. The Morgan fingerprint density at radius 1 is 1.03 bits per heavy atom. The SMILES string of the molecule is O=[N+]([O-])c1cc(NC(=S)Nc2ccc(S(=O)(=O)Nc3ncccn3)cc2)ccc1F. The maximum atomic E-state index is 13.4. The molecule has 2 aromatic carbocycles. The Kier molecular flexibility index (Phi) is 6.13. The van der Waals surface area contributed by atoms with E-state index >= 15 is 0 Å². The van der Waals surface area contributed by atoms with Gasteiger partial charge in [0.2, 0.25) is 11.8 Å². The van der Waals surface area contributed by atoms with Gasteiger partial charge in [0, 0.05) is 29.8 Å². The highest BCUT2D eigenvalue weighted by Gasteiger charge is 2.16. The molecular weight excluding hydrogens is 435 g/mol. The van der Waals surface area contributed by atoms with Crippen LogP contribution in [-0.2, 0) is 10.0 Å². The average Bonchev–Trinajstić information content (AvgIpc) is 2.70. The van der Waals surface area contributed by atoms with E-state index < -0.39 is 26.5 Å². The first-order valence-electron chi connectivity index (χ1n) is 8.16. The van der Waals surface area contributed by atoms with Crippen LogP contribution in [0, 0.1) is 15.9 Å². The summed E-state index contributed by atoms with van der Waals surface area (Å²) in [6, 6.07) is 10.5. The summed E-state index contributed by atoms with van der Waals surface area (Å²) >= 11 is 5.12. The van der Waals surface area contributed by atoms with Gasteiger partial charge in [0.1, 0.15) is 0 Å². The van der Waals surface area contributed by atoms with Crippen LogP contribution in [0.3, 0.4) is 0 Å². The lowest BCUT2D eigenvalue weighted by atomic mass is 10.2. The molecule has 3 aromatic rings. The molecule has 0 spiro atoms. The van der Waals surface area contributed by atoms with Crippen molar-refractivity contribution in [2.45, 2.75) is 4.90 Å². The highest BCUT2D eigenvalue weighted by atomic mass is 32.2. The van der Waals surface area contributed by atoms with Crippen molar-refractivity contribution in [2.75, 3.05) is 15.4 Å². The van der Waals surface area contributed by atoms with Crippen LogP contribution in [0.15, 0.2) is 65.8 Å². The molecule has 0 aliphatic carbocycles. The second kappa shape index (κ2) is 8.75. The lowest BCUT2D eigenvalue weighted by molar-refractivity contribution is -0.387. The number of benzene rings is 2. The standard InChI is InChI=1S/C17H13FN6O4S2/c18-14-7-4-12(10-15(14)24(25)26)22-17(29)21-11-2-5-13(6-3-11)30(27,28)23-16-19-8-1-9-20-16/h1-10H,(H,19,20,23)(H2,21,22,29). The molecule has 3 N–H and O–H groups in total. The van der Waals surface area contributed by atoms with Crippen molar-refractivity contribution in [2.24, 2.45) is 0 Å². The van der Waals surface area contributed by atoms with Crippen molar-refractivity contribution in [3.05, 3.63) is 76.9 Å². The maximum Gasteiger partial charge on any atom is 0.306 e. The van der Waals surface area contributed by atoms with Crippen molar-refractivity contribution in [1.29, 1.82) is 0 Å². The second-order valence-corrected chi connectivity index (χ2v) is 7.80. The van der Waals surface area contributed by atoms with E-state index in [2.05, 4.69) is 25.3 Å². The van der Waals surface area contributed by atoms with E-state index in [-0.39, 0.29) is 21.6 Å². The Morgan fingerprint density at radius 2 is 1.63 bits per heavy atom. The van der Waals surface area contributed by atoms with E-state index in [9.17, 15) is 22.9 Å². The summed E-state index contributed by atoms with van der Waals surface area (Å²) in [5, 5.41) is 16.4. The smallest absolute Gasteiger partial charge is 0.306 e. The minimum atomic E-state index is -3.87. The minimum Gasteiger partial charge on any atom is -0.332 e. The first-order valence-corrected chi connectivity index (χ1v) is 10.1. The minimum absolute atomic E-state index is 0.0199. The normalized spacial score (nSPS) is 10.8. The van der Waals surface area contributed by atoms with Crippen LogP contribution in [0.25, 0.3) is 0 Å². The lowest BCUT2D eigenvalue weighted by Crippen LogP contribution is -2.19. The zero-order valence-electron chi connectivity index (χ0n) is 14.9. The topological polar surface area (TPSA) is 139 Å². The zero-order chi connectivity index (χ0) is 21.7. The van der Waals surface area contributed by atoms with Crippen LogP contribution >= 0.6 is 12.2 Å². The van der Waals surface area contributed by atoms with Crippen molar-refractivity contribution < 1.29 is 17.7 Å². The Hall–Kier alpha value is -3.71. The summed E-state index contributed by atoms with van der Waals surface area (Å²) in [5.74, 6) is -1.02. The predicted octanol–water partition coefficient (Wildman–Crippen LogP) is 3.13. The van der Waals surface area contributed by atoms with Crippen LogP contribution in [0.2, 0.25) is 0 Å². The molecule has 3 rings (SSSR count). The van der Waals surface area contributed by atoms with Crippen LogP contribution in [0.1, 0.15) is 0 Å². The predicted molar refractivity (Wildman–Crippen MR) is 112 cm³/mol. The lowest BCUT2D eigenvalue weighted by Gasteiger charge is -2.11. The quantitative estimate of drug-likeness (QED) is 0.295. The molecule has 10 nitrogen and oxygen atoms in total. The van der Waals surface area contributed by atoms with Gasteiger partial charge in [0.05, 0.1) is 9.82 Å². The largest absolute Gasteiger partial charge is 0.332 e. The summed E-state index contributed by atoms with van der Waals surface area (Å²) < 4.78 is 40.4. The van der Waals surface area contributed by atoms with Gasteiger partial charge >= 0.3 is 5.69 Å². The Labute approximate surface area is 175 Å². The van der Waals surface area contributed by atoms with Crippen LogP contribution in [0.4, 0.5) is 27.4 Å². The number of sulfonamides is 1. The summed E-state index contributed by atoms with van der Waals surface area (Å²) in [6.07, 6.45) is 2.81. The third-order valence-corrected chi connectivity index (χ3v) is 5.16. The molecule has 0 aliphatic rings. The molecule has 154 valence electrons. The van der Waals surface area contributed by atoms with Crippen LogP contribution < -0.4 is 15.4 Å². The van der Waals surface area contributed by atoms with Gasteiger partial charge in [-0.15, -0.1) is 0 Å². The first-order chi connectivity index (χ1) is 14.2. The number of nitrogens with zero attached hydrogens (tertiary/aromatic N) is 3. The van der Waals surface area contributed by atoms with Gasteiger partial charge < -0.3 is 10.6 Å². The highest BCUT2D eigenvalue weighted by molar-refractivity contribution is 7.92. The van der Waals surface area contributed by atoms with Gasteiger partial charge in [0.15, 0.2) is 5.11 Å². The number of hydrogen-bond donors (Lipinski definition) is 3. The number of nitro benzene ring substituents is 1. The molecule has 0 saturated heterocycles. The van der Waals surface area contributed by atoms with Crippen LogP contribution in [0.5, 0.6) is 0 Å². The van der Waals surface area contributed by atoms with Crippen molar-refractivity contribution in [3.8, 4) is 0 Å². The Balaban J connectivity index is 1.66. The maximum absolute atomic E-state index is 13.4. The third kappa shape index (κ3) is 5.21. The molecule has 13 heteroatoms. The summed E-state index contributed by atoms with van der Waals surface area (Å²) in [7, 11) is -3.87. The summed E-state index contributed by atoms with van der Waals surface area (Å²) in [6.45, 7) is 0. The van der Waals surface area contributed by atoms with Gasteiger partial charge in [-0.1, -0.05) is 0 Å². The summed E-state index contributed by atoms with van der Waals surface area (Å²) in [5.41, 5.74) is -0.0156. The molecule has 0 amide bonds. The molecule has 30 heavy (non-hydrogen) atoms. The van der Waals surface area contributed by atoms with E-state index in [1.54, 1.807) is 6.07 Å². The summed E-state index contributed by atoms with van der Waals surface area (Å²) in [4.78, 5) is 17.6. The Bertz CT molecular complexity index is 1190. The van der Waals surface area contributed by atoms with E-state index in [1.165, 1.54) is 42.7 Å². The molecule has 0 aliphatic heterocycles. The fraction of sp³-hybridized carbons (Fsp3) is 0. The molecule has 0 unspecified atom stereocenters.